The molecule has 6 nitrogen and oxygen atoms in total. The molecule has 1 unspecified atom stereocenters. The highest BCUT2D eigenvalue weighted by molar-refractivity contribution is 5.71. The van der Waals surface area contributed by atoms with Crippen LogP contribution in [0, 0.1) is 0 Å². The summed E-state index contributed by atoms with van der Waals surface area (Å²) in [5, 5.41) is 0. The molecule has 0 heterocycles. The Balaban J connectivity index is 4.24. The molecule has 0 aromatic heterocycles. The van der Waals surface area contributed by atoms with Crippen molar-refractivity contribution in [3.05, 3.63) is 60.8 Å². The first-order valence-electron chi connectivity index (χ1n) is 32.8. The molecule has 0 N–H and O–H groups in total. The molecule has 0 saturated heterocycles. The first-order valence-corrected chi connectivity index (χ1v) is 32.8. The van der Waals surface area contributed by atoms with Crippen molar-refractivity contribution in [3.63, 3.8) is 0 Å². The van der Waals surface area contributed by atoms with Gasteiger partial charge in [0.1, 0.15) is 13.2 Å². The Kier molecular flexibility index (Phi) is 61.2. The van der Waals surface area contributed by atoms with Crippen molar-refractivity contribution in [2.75, 3.05) is 13.2 Å². The quantitative estimate of drug-likeness (QED) is 0.0261. The van der Waals surface area contributed by atoms with Crippen LogP contribution in [0.25, 0.3) is 0 Å². The van der Waals surface area contributed by atoms with E-state index in [-0.39, 0.29) is 31.1 Å². The van der Waals surface area contributed by atoms with Gasteiger partial charge in [-0.25, -0.2) is 0 Å². The highest BCUT2D eigenvalue weighted by atomic mass is 16.6. The average molecular weight is 1050 g/mol. The molecule has 0 aromatic carbocycles. The minimum absolute atomic E-state index is 0.0831. The lowest BCUT2D eigenvalue weighted by Crippen LogP contribution is -2.30. The number of unbranched alkanes of at least 4 members (excludes halogenated alkanes) is 39. The third-order valence-corrected chi connectivity index (χ3v) is 14.5. The van der Waals surface area contributed by atoms with E-state index in [1.807, 2.05) is 0 Å². The zero-order valence-corrected chi connectivity index (χ0v) is 50.1. The van der Waals surface area contributed by atoms with Gasteiger partial charge in [0.25, 0.3) is 0 Å². The Hall–Kier alpha value is -2.89. The molecular formula is C69H124O6. The summed E-state index contributed by atoms with van der Waals surface area (Å²) in [4.78, 5) is 38.3. The van der Waals surface area contributed by atoms with Crippen molar-refractivity contribution in [3.8, 4) is 0 Å². The van der Waals surface area contributed by atoms with Crippen LogP contribution in [0.5, 0.6) is 0 Å². The molecule has 0 amide bonds. The van der Waals surface area contributed by atoms with Gasteiger partial charge in [0.2, 0.25) is 0 Å². The van der Waals surface area contributed by atoms with E-state index in [1.54, 1.807) is 0 Å². The van der Waals surface area contributed by atoms with Crippen LogP contribution in [0.1, 0.15) is 342 Å². The minimum atomic E-state index is -0.789. The summed E-state index contributed by atoms with van der Waals surface area (Å²) in [6.45, 7) is 6.52. The molecule has 0 radical (unpaired) electrons. The maximum atomic E-state index is 12.9. The lowest BCUT2D eigenvalue weighted by Gasteiger charge is -2.18. The molecule has 0 aliphatic carbocycles. The number of carbonyl (C=O) groups excluding carboxylic acids is 3. The van der Waals surface area contributed by atoms with Gasteiger partial charge in [-0.1, -0.05) is 300 Å². The zero-order valence-electron chi connectivity index (χ0n) is 50.1. The fraction of sp³-hybridized carbons (Fsp3) is 0.812. The molecule has 436 valence electrons. The predicted octanol–water partition coefficient (Wildman–Crippen LogP) is 22.3. The summed E-state index contributed by atoms with van der Waals surface area (Å²) in [6, 6.07) is 0. The molecule has 0 aromatic rings. The second-order valence-corrected chi connectivity index (χ2v) is 22.0. The number of esters is 3. The van der Waals surface area contributed by atoms with Crippen molar-refractivity contribution in [1.82, 2.24) is 0 Å². The molecular weight excluding hydrogens is 925 g/mol. The van der Waals surface area contributed by atoms with Crippen LogP contribution in [-0.2, 0) is 28.6 Å². The third kappa shape index (κ3) is 61.8. The summed E-state index contributed by atoms with van der Waals surface area (Å²) in [7, 11) is 0. The van der Waals surface area contributed by atoms with Gasteiger partial charge in [0, 0.05) is 19.3 Å². The summed E-state index contributed by atoms with van der Waals surface area (Å²) in [5.74, 6) is -0.897. The molecule has 0 rings (SSSR count). The molecule has 0 saturated carbocycles. The molecule has 0 aliphatic heterocycles. The Morgan fingerprint density at radius 2 is 0.520 bits per heavy atom. The van der Waals surface area contributed by atoms with Crippen molar-refractivity contribution < 1.29 is 28.6 Å². The van der Waals surface area contributed by atoms with E-state index < -0.39 is 6.10 Å². The van der Waals surface area contributed by atoms with E-state index in [4.69, 9.17) is 14.2 Å². The van der Waals surface area contributed by atoms with Gasteiger partial charge in [0.15, 0.2) is 6.10 Å². The highest BCUT2D eigenvalue weighted by Gasteiger charge is 2.19. The van der Waals surface area contributed by atoms with Crippen LogP contribution in [0.3, 0.4) is 0 Å². The van der Waals surface area contributed by atoms with Crippen LogP contribution in [0.15, 0.2) is 60.8 Å². The predicted molar refractivity (Wildman–Crippen MR) is 325 cm³/mol. The van der Waals surface area contributed by atoms with Gasteiger partial charge in [-0.15, -0.1) is 0 Å². The van der Waals surface area contributed by atoms with Crippen LogP contribution < -0.4 is 0 Å². The summed E-state index contributed by atoms with van der Waals surface area (Å²) < 4.78 is 16.9. The Bertz CT molecular complexity index is 1340. The van der Waals surface area contributed by atoms with Gasteiger partial charge in [-0.3, -0.25) is 14.4 Å². The fourth-order valence-electron chi connectivity index (χ4n) is 9.61. The van der Waals surface area contributed by atoms with Crippen LogP contribution >= 0.6 is 0 Å². The summed E-state index contributed by atoms with van der Waals surface area (Å²) >= 11 is 0. The number of hydrogen-bond donors (Lipinski definition) is 0. The Morgan fingerprint density at radius 1 is 0.280 bits per heavy atom. The topological polar surface area (TPSA) is 78.9 Å². The second kappa shape index (κ2) is 63.6. The molecule has 0 bridgehead atoms. The summed E-state index contributed by atoms with van der Waals surface area (Å²) in [5.41, 5.74) is 0. The van der Waals surface area contributed by atoms with E-state index >= 15 is 0 Å². The van der Waals surface area contributed by atoms with Crippen LogP contribution in [0.4, 0.5) is 0 Å². The van der Waals surface area contributed by atoms with Gasteiger partial charge in [0.05, 0.1) is 0 Å². The third-order valence-electron chi connectivity index (χ3n) is 14.5. The van der Waals surface area contributed by atoms with Crippen molar-refractivity contribution in [2.45, 2.75) is 348 Å². The number of hydrogen-bond acceptors (Lipinski definition) is 6. The van der Waals surface area contributed by atoms with Crippen LogP contribution in [-0.4, -0.2) is 37.2 Å². The molecule has 1 atom stereocenters. The van der Waals surface area contributed by atoms with E-state index in [9.17, 15) is 14.4 Å². The molecule has 0 aliphatic rings. The number of allylic oxidation sites excluding steroid dienone is 10. The standard InChI is InChI=1S/C69H124O6/c1-4-7-10-13-16-19-22-25-28-29-30-31-32-33-34-35-36-37-38-39-42-44-47-50-53-56-59-62-68(71)74-65-66(75-69(72)63-60-57-54-51-48-45-41-27-24-21-18-15-12-9-6-3)64-73-67(70)61-58-55-52-49-46-43-40-26-23-20-17-14-11-8-5-2/h9,12,17-18,20-21,26-27,40-41,66H,4-8,10-11,13-16,19,22-25,28-39,42-65H2,1-3H3/b12-9-,20-17-,21-18-,40-26-,41-27-. The van der Waals surface area contributed by atoms with Crippen LogP contribution in [0.2, 0.25) is 0 Å². The lowest BCUT2D eigenvalue weighted by molar-refractivity contribution is -0.167. The van der Waals surface area contributed by atoms with Gasteiger partial charge < -0.3 is 14.2 Å². The average Bonchev–Trinajstić information content (AvgIpc) is 3.41. The maximum Gasteiger partial charge on any atom is 0.306 e. The first-order chi connectivity index (χ1) is 37.0. The Labute approximate surface area is 466 Å². The normalized spacial score (nSPS) is 12.4. The van der Waals surface area contributed by atoms with Crippen molar-refractivity contribution in [1.29, 1.82) is 0 Å². The van der Waals surface area contributed by atoms with E-state index in [0.29, 0.717) is 19.3 Å². The van der Waals surface area contributed by atoms with E-state index in [1.165, 1.54) is 186 Å². The van der Waals surface area contributed by atoms with Gasteiger partial charge in [-0.05, 0) is 83.5 Å². The number of rotatable bonds is 60. The minimum Gasteiger partial charge on any atom is -0.462 e. The second-order valence-electron chi connectivity index (χ2n) is 22.0. The summed E-state index contributed by atoms with van der Waals surface area (Å²) in [6.07, 6.45) is 81.0. The SMILES string of the molecule is CC/C=C\C/C=C\C/C=C\CCCCCCCC(=O)OC(COC(=O)CCCCCCC/C=C\C/C=C\CCCCC)COC(=O)CCCCCCCCCCCCCCCCCCCCCCCCCCCCC. The largest absolute Gasteiger partial charge is 0.462 e. The van der Waals surface area contributed by atoms with Crippen molar-refractivity contribution in [2.24, 2.45) is 0 Å². The molecule has 75 heavy (non-hydrogen) atoms. The highest BCUT2D eigenvalue weighted by Crippen LogP contribution is 2.18. The molecule has 0 fully saturated rings. The lowest BCUT2D eigenvalue weighted by atomic mass is 10.0. The monoisotopic (exact) mass is 1050 g/mol. The fourth-order valence-corrected chi connectivity index (χ4v) is 9.61. The number of ether oxygens (including phenoxy) is 3. The van der Waals surface area contributed by atoms with E-state index in [2.05, 4.69) is 81.5 Å². The molecule has 0 spiro atoms. The number of carbonyl (C=O) groups is 3. The zero-order chi connectivity index (χ0) is 54.3. The van der Waals surface area contributed by atoms with Crippen molar-refractivity contribution >= 4 is 17.9 Å². The van der Waals surface area contributed by atoms with Gasteiger partial charge >= 0.3 is 17.9 Å². The van der Waals surface area contributed by atoms with E-state index in [0.717, 1.165) is 116 Å². The molecule has 6 heteroatoms. The van der Waals surface area contributed by atoms with Gasteiger partial charge in [-0.2, -0.15) is 0 Å². The Morgan fingerprint density at radius 3 is 0.840 bits per heavy atom. The first kappa shape index (κ1) is 72.1. The maximum absolute atomic E-state index is 12.9. The smallest absolute Gasteiger partial charge is 0.306 e.